The van der Waals surface area contributed by atoms with E-state index in [1.807, 2.05) is 49.3 Å². The molecule has 0 saturated heterocycles. The first kappa shape index (κ1) is 15.6. The van der Waals surface area contributed by atoms with Gasteiger partial charge < -0.3 is 9.80 Å². The van der Waals surface area contributed by atoms with Crippen LogP contribution in [-0.2, 0) is 4.79 Å². The van der Waals surface area contributed by atoms with Crippen LogP contribution in [0.1, 0.15) is 19.4 Å². The van der Waals surface area contributed by atoms with Gasteiger partial charge in [0, 0.05) is 32.9 Å². The third-order valence-electron chi connectivity index (χ3n) is 3.35. The fourth-order valence-corrected chi connectivity index (χ4v) is 3.09. The average molecular weight is 303 g/mol. The molecule has 1 aromatic carbocycles. The molecule has 2 rings (SSSR count). The van der Waals surface area contributed by atoms with E-state index in [1.165, 1.54) is 11.8 Å². The SMILES string of the molecule is CCN(CC)C1=NC(=O)/C(=C\c2ccc(N(C)C)cc2)S1. The fraction of sp³-hybridized carbons (Fsp3) is 0.375. The Morgan fingerprint density at radius 3 is 2.29 bits per heavy atom. The van der Waals surface area contributed by atoms with Crippen molar-refractivity contribution in [3.63, 3.8) is 0 Å². The molecule has 0 N–H and O–H groups in total. The molecule has 5 heteroatoms. The van der Waals surface area contributed by atoms with Crippen molar-refractivity contribution < 1.29 is 4.79 Å². The first-order chi connectivity index (χ1) is 10.0. The highest BCUT2D eigenvalue weighted by Crippen LogP contribution is 2.30. The molecule has 1 aromatic rings. The van der Waals surface area contributed by atoms with Gasteiger partial charge in [0.15, 0.2) is 5.17 Å². The number of amides is 1. The minimum atomic E-state index is -0.140. The second-order valence-corrected chi connectivity index (χ2v) is 5.98. The number of benzene rings is 1. The number of aliphatic imine (C=N–C) groups is 1. The number of hydrogen-bond acceptors (Lipinski definition) is 4. The zero-order valence-corrected chi connectivity index (χ0v) is 13.8. The number of nitrogens with zero attached hydrogens (tertiary/aromatic N) is 3. The van der Waals surface area contributed by atoms with E-state index in [9.17, 15) is 4.79 Å². The molecule has 112 valence electrons. The quantitative estimate of drug-likeness (QED) is 0.801. The maximum absolute atomic E-state index is 12.0. The molecule has 0 aromatic heterocycles. The third-order valence-corrected chi connectivity index (χ3v) is 4.39. The van der Waals surface area contributed by atoms with E-state index in [-0.39, 0.29) is 5.91 Å². The van der Waals surface area contributed by atoms with Crippen molar-refractivity contribution in [1.29, 1.82) is 0 Å². The Kier molecular flexibility index (Phi) is 5.07. The maximum atomic E-state index is 12.0. The van der Waals surface area contributed by atoms with Crippen molar-refractivity contribution in [2.75, 3.05) is 32.1 Å². The van der Waals surface area contributed by atoms with Gasteiger partial charge in [0.2, 0.25) is 0 Å². The zero-order chi connectivity index (χ0) is 15.4. The number of thioether (sulfide) groups is 1. The average Bonchev–Trinajstić information content (AvgIpc) is 2.82. The fourth-order valence-electron chi connectivity index (χ4n) is 2.05. The van der Waals surface area contributed by atoms with Gasteiger partial charge in [-0.2, -0.15) is 4.99 Å². The molecule has 0 saturated carbocycles. The normalized spacial score (nSPS) is 16.3. The van der Waals surface area contributed by atoms with E-state index in [0.29, 0.717) is 4.91 Å². The Morgan fingerprint density at radius 1 is 1.14 bits per heavy atom. The number of anilines is 1. The lowest BCUT2D eigenvalue weighted by Gasteiger charge is -2.18. The predicted molar refractivity (Wildman–Crippen MR) is 91.7 cm³/mol. The summed E-state index contributed by atoms with van der Waals surface area (Å²) in [5, 5.41) is 0.807. The molecular formula is C16H21N3OS. The monoisotopic (exact) mass is 303 g/mol. The molecule has 1 aliphatic heterocycles. The Labute approximate surface area is 130 Å². The molecule has 21 heavy (non-hydrogen) atoms. The number of rotatable bonds is 4. The van der Waals surface area contributed by atoms with Crippen molar-refractivity contribution in [3.8, 4) is 0 Å². The maximum Gasteiger partial charge on any atom is 0.286 e. The molecule has 1 aliphatic rings. The van der Waals surface area contributed by atoms with Gasteiger partial charge in [-0.3, -0.25) is 4.79 Å². The van der Waals surface area contributed by atoms with Crippen LogP contribution in [0.2, 0.25) is 0 Å². The van der Waals surface area contributed by atoms with Crippen molar-refractivity contribution in [3.05, 3.63) is 34.7 Å². The lowest BCUT2D eigenvalue weighted by molar-refractivity contribution is -0.113. The summed E-state index contributed by atoms with van der Waals surface area (Å²) >= 11 is 1.46. The van der Waals surface area contributed by atoms with E-state index in [1.54, 1.807) is 0 Å². The molecule has 0 spiro atoms. The highest BCUT2D eigenvalue weighted by atomic mass is 32.2. The highest BCUT2D eigenvalue weighted by molar-refractivity contribution is 8.18. The number of carbonyl (C=O) groups is 1. The number of amidine groups is 1. The largest absolute Gasteiger partial charge is 0.378 e. The third kappa shape index (κ3) is 3.67. The Balaban J connectivity index is 2.14. The summed E-state index contributed by atoms with van der Waals surface area (Å²) in [5.74, 6) is -0.140. The number of hydrogen-bond donors (Lipinski definition) is 0. The minimum absolute atomic E-state index is 0.140. The van der Waals surface area contributed by atoms with E-state index in [0.717, 1.165) is 29.5 Å². The minimum Gasteiger partial charge on any atom is -0.378 e. The van der Waals surface area contributed by atoms with Crippen LogP contribution in [-0.4, -0.2) is 43.2 Å². The van der Waals surface area contributed by atoms with Crippen LogP contribution in [0.15, 0.2) is 34.2 Å². The first-order valence-electron chi connectivity index (χ1n) is 7.10. The molecule has 0 aliphatic carbocycles. The van der Waals surface area contributed by atoms with Crippen LogP contribution in [0.25, 0.3) is 6.08 Å². The van der Waals surface area contributed by atoms with Crippen LogP contribution >= 0.6 is 11.8 Å². The zero-order valence-electron chi connectivity index (χ0n) is 13.0. The first-order valence-corrected chi connectivity index (χ1v) is 7.91. The number of carbonyl (C=O) groups excluding carboxylic acids is 1. The van der Waals surface area contributed by atoms with Gasteiger partial charge in [0.05, 0.1) is 4.91 Å². The van der Waals surface area contributed by atoms with Crippen molar-refractivity contribution >= 4 is 34.6 Å². The summed E-state index contributed by atoms with van der Waals surface area (Å²) < 4.78 is 0. The van der Waals surface area contributed by atoms with Gasteiger partial charge in [-0.1, -0.05) is 12.1 Å². The second-order valence-electron chi connectivity index (χ2n) is 4.97. The van der Waals surface area contributed by atoms with Gasteiger partial charge in [-0.05, 0) is 49.4 Å². The Morgan fingerprint density at radius 2 is 1.76 bits per heavy atom. The molecule has 1 amide bonds. The molecule has 0 radical (unpaired) electrons. The Bertz CT molecular complexity index is 572. The molecule has 0 bridgehead atoms. The molecule has 0 unspecified atom stereocenters. The van der Waals surface area contributed by atoms with Crippen molar-refractivity contribution in [2.45, 2.75) is 13.8 Å². The van der Waals surface area contributed by atoms with Crippen molar-refractivity contribution in [1.82, 2.24) is 4.90 Å². The smallest absolute Gasteiger partial charge is 0.286 e. The van der Waals surface area contributed by atoms with E-state index in [4.69, 9.17) is 0 Å². The lowest BCUT2D eigenvalue weighted by atomic mass is 10.2. The summed E-state index contributed by atoms with van der Waals surface area (Å²) in [7, 11) is 4.02. The van der Waals surface area contributed by atoms with E-state index < -0.39 is 0 Å². The van der Waals surface area contributed by atoms with Gasteiger partial charge in [0.25, 0.3) is 5.91 Å². The molecule has 0 atom stereocenters. The summed E-state index contributed by atoms with van der Waals surface area (Å²) in [4.78, 5) is 21.0. The summed E-state index contributed by atoms with van der Waals surface area (Å²) in [6.45, 7) is 5.86. The summed E-state index contributed by atoms with van der Waals surface area (Å²) in [5.41, 5.74) is 2.16. The van der Waals surface area contributed by atoms with Crippen LogP contribution in [0, 0.1) is 0 Å². The lowest BCUT2D eigenvalue weighted by Crippen LogP contribution is -2.26. The molecule has 4 nitrogen and oxygen atoms in total. The van der Waals surface area contributed by atoms with Crippen molar-refractivity contribution in [2.24, 2.45) is 4.99 Å². The van der Waals surface area contributed by atoms with Gasteiger partial charge in [-0.25, -0.2) is 0 Å². The van der Waals surface area contributed by atoms with Gasteiger partial charge in [0.1, 0.15) is 0 Å². The molecular weight excluding hydrogens is 282 g/mol. The molecule has 0 fully saturated rings. The standard InChI is InChI=1S/C16H21N3OS/c1-5-19(6-2)16-17-15(20)14(21-16)11-12-7-9-13(10-8-12)18(3)4/h7-11H,5-6H2,1-4H3/b14-11+. The predicted octanol–water partition coefficient (Wildman–Crippen LogP) is 3.06. The molecule has 1 heterocycles. The summed E-state index contributed by atoms with van der Waals surface area (Å²) in [6, 6.07) is 8.13. The van der Waals surface area contributed by atoms with Crippen LogP contribution in [0.4, 0.5) is 5.69 Å². The van der Waals surface area contributed by atoms with E-state index >= 15 is 0 Å². The van der Waals surface area contributed by atoms with Gasteiger partial charge in [-0.15, -0.1) is 0 Å². The van der Waals surface area contributed by atoms with Crippen LogP contribution in [0.3, 0.4) is 0 Å². The highest BCUT2D eigenvalue weighted by Gasteiger charge is 2.24. The Hall–Kier alpha value is -1.75. The van der Waals surface area contributed by atoms with Crippen LogP contribution < -0.4 is 4.90 Å². The van der Waals surface area contributed by atoms with E-state index in [2.05, 4.69) is 23.7 Å². The second kappa shape index (κ2) is 6.80. The summed E-state index contributed by atoms with van der Waals surface area (Å²) in [6.07, 6.45) is 1.91. The topological polar surface area (TPSA) is 35.9 Å². The van der Waals surface area contributed by atoms with Gasteiger partial charge >= 0.3 is 0 Å². The van der Waals surface area contributed by atoms with Crippen LogP contribution in [0.5, 0.6) is 0 Å².